The van der Waals surface area contributed by atoms with Crippen LogP contribution in [0.1, 0.15) is 49.7 Å². The van der Waals surface area contributed by atoms with Gasteiger partial charge in [-0.1, -0.05) is 37.8 Å². The van der Waals surface area contributed by atoms with E-state index >= 15 is 0 Å². The maximum absolute atomic E-state index is 5.61. The first-order valence-electron chi connectivity index (χ1n) is 8.76. The molecule has 1 saturated carbocycles. The Labute approximate surface area is 129 Å². The second kappa shape index (κ2) is 7.31. The van der Waals surface area contributed by atoms with E-state index in [9.17, 15) is 0 Å². The third kappa shape index (κ3) is 3.79. The molecule has 21 heavy (non-hydrogen) atoms. The van der Waals surface area contributed by atoms with E-state index in [1.165, 1.54) is 62.6 Å². The number of aryl methyl sites for hydroxylation is 1. The Hall–Kier alpha value is -1.02. The van der Waals surface area contributed by atoms with Gasteiger partial charge < -0.3 is 10.1 Å². The van der Waals surface area contributed by atoms with E-state index in [0.717, 1.165) is 30.6 Å². The van der Waals surface area contributed by atoms with E-state index in [0.29, 0.717) is 0 Å². The molecule has 0 aromatic heterocycles. The fourth-order valence-corrected chi connectivity index (χ4v) is 4.12. The van der Waals surface area contributed by atoms with Crippen molar-refractivity contribution in [1.82, 2.24) is 5.32 Å². The van der Waals surface area contributed by atoms with Crippen LogP contribution in [0.25, 0.3) is 0 Å². The molecule has 0 spiro atoms. The maximum Gasteiger partial charge on any atom is 0.122 e. The Morgan fingerprint density at radius 1 is 1.14 bits per heavy atom. The van der Waals surface area contributed by atoms with Crippen molar-refractivity contribution < 1.29 is 4.74 Å². The third-order valence-electron chi connectivity index (χ3n) is 5.34. The summed E-state index contributed by atoms with van der Waals surface area (Å²) in [4.78, 5) is 0. The van der Waals surface area contributed by atoms with E-state index < -0.39 is 0 Å². The van der Waals surface area contributed by atoms with Crippen molar-refractivity contribution in [1.29, 1.82) is 0 Å². The number of ether oxygens (including phenoxy) is 1. The Bertz CT molecular complexity index is 457. The highest BCUT2D eigenvalue weighted by atomic mass is 16.5. The summed E-state index contributed by atoms with van der Waals surface area (Å²) in [6.45, 7) is 2.06. The van der Waals surface area contributed by atoms with Crippen molar-refractivity contribution in [3.8, 4) is 5.75 Å². The maximum atomic E-state index is 5.61. The first kappa shape index (κ1) is 14.9. The lowest BCUT2D eigenvalue weighted by Crippen LogP contribution is -2.25. The van der Waals surface area contributed by atoms with Crippen molar-refractivity contribution in [3.05, 3.63) is 29.3 Å². The van der Waals surface area contributed by atoms with Crippen LogP contribution >= 0.6 is 0 Å². The predicted molar refractivity (Wildman–Crippen MR) is 88.0 cm³/mol. The van der Waals surface area contributed by atoms with Crippen LogP contribution < -0.4 is 10.1 Å². The molecular formula is C19H29NO. The topological polar surface area (TPSA) is 21.3 Å². The molecule has 2 nitrogen and oxygen atoms in total. The Morgan fingerprint density at radius 3 is 2.86 bits per heavy atom. The zero-order valence-corrected chi connectivity index (χ0v) is 13.4. The minimum atomic E-state index is 0.867. The number of fused-ring (bicyclic) bond motifs is 1. The van der Waals surface area contributed by atoms with Gasteiger partial charge in [-0.15, -0.1) is 0 Å². The van der Waals surface area contributed by atoms with Gasteiger partial charge in [-0.2, -0.15) is 0 Å². The molecule has 2 atom stereocenters. The second-order valence-electron chi connectivity index (χ2n) is 6.80. The Kier molecular flexibility index (Phi) is 5.18. The molecule has 1 aliphatic carbocycles. The van der Waals surface area contributed by atoms with Crippen molar-refractivity contribution in [2.75, 3.05) is 20.2 Å². The molecule has 0 bridgehead atoms. The average molecular weight is 287 g/mol. The smallest absolute Gasteiger partial charge is 0.122 e. The van der Waals surface area contributed by atoms with Crippen LogP contribution in [0.15, 0.2) is 18.2 Å². The lowest BCUT2D eigenvalue weighted by Gasteiger charge is -2.25. The highest BCUT2D eigenvalue weighted by molar-refractivity contribution is 5.39. The highest BCUT2D eigenvalue weighted by Crippen LogP contribution is 2.32. The van der Waals surface area contributed by atoms with Gasteiger partial charge >= 0.3 is 0 Å². The molecule has 1 fully saturated rings. The SMILES string of the molecule is CNCC1CCCCCC1CCc1ccc2c(c1)CCO2. The molecule has 1 N–H and O–H groups in total. The number of rotatable bonds is 5. The fourth-order valence-electron chi connectivity index (χ4n) is 4.12. The molecule has 1 aliphatic heterocycles. The van der Waals surface area contributed by atoms with Crippen molar-refractivity contribution in [2.24, 2.45) is 11.8 Å². The molecule has 2 heteroatoms. The van der Waals surface area contributed by atoms with E-state index in [4.69, 9.17) is 4.74 Å². The molecule has 1 heterocycles. The minimum Gasteiger partial charge on any atom is -0.493 e. The molecule has 116 valence electrons. The standard InChI is InChI=1S/C19H29NO/c1-20-14-18-6-4-2-3-5-16(18)9-7-15-8-10-19-17(13-15)11-12-21-19/h8,10,13,16,18,20H,2-7,9,11-12,14H2,1H3. The van der Waals surface area contributed by atoms with Crippen molar-refractivity contribution in [3.63, 3.8) is 0 Å². The Morgan fingerprint density at radius 2 is 2.00 bits per heavy atom. The van der Waals surface area contributed by atoms with E-state index in [1.807, 2.05) is 0 Å². The molecule has 1 aromatic rings. The van der Waals surface area contributed by atoms with Gasteiger partial charge in [0.1, 0.15) is 5.75 Å². The largest absolute Gasteiger partial charge is 0.493 e. The molecule has 3 rings (SSSR count). The summed E-state index contributed by atoms with van der Waals surface area (Å²) in [6.07, 6.45) is 10.8. The summed E-state index contributed by atoms with van der Waals surface area (Å²) in [6, 6.07) is 6.83. The number of hydrogen-bond acceptors (Lipinski definition) is 2. The van der Waals surface area contributed by atoms with Crippen LogP contribution in [-0.2, 0) is 12.8 Å². The van der Waals surface area contributed by atoms with Gasteiger partial charge in [-0.25, -0.2) is 0 Å². The van der Waals surface area contributed by atoms with Gasteiger partial charge in [0.05, 0.1) is 6.61 Å². The molecule has 2 unspecified atom stereocenters. The first-order valence-corrected chi connectivity index (χ1v) is 8.76. The summed E-state index contributed by atoms with van der Waals surface area (Å²) >= 11 is 0. The zero-order valence-electron chi connectivity index (χ0n) is 13.4. The van der Waals surface area contributed by atoms with Crippen molar-refractivity contribution >= 4 is 0 Å². The summed E-state index contributed by atoms with van der Waals surface area (Å²) in [5.41, 5.74) is 2.92. The van der Waals surface area contributed by atoms with Gasteiger partial charge in [0.25, 0.3) is 0 Å². The van der Waals surface area contributed by atoms with Gasteiger partial charge in [0.2, 0.25) is 0 Å². The van der Waals surface area contributed by atoms with Crippen LogP contribution in [0, 0.1) is 11.8 Å². The highest BCUT2D eigenvalue weighted by Gasteiger charge is 2.23. The van der Waals surface area contributed by atoms with Crippen LogP contribution in [-0.4, -0.2) is 20.2 Å². The zero-order chi connectivity index (χ0) is 14.5. The summed E-state index contributed by atoms with van der Waals surface area (Å²) in [5.74, 6) is 2.90. The predicted octanol–water partition coefficient (Wildman–Crippen LogP) is 3.97. The lowest BCUT2D eigenvalue weighted by atomic mass is 9.83. The fraction of sp³-hybridized carbons (Fsp3) is 0.684. The van der Waals surface area contributed by atoms with Gasteiger partial charge in [-0.05, 0) is 61.9 Å². The molecule has 2 aliphatic rings. The molecule has 0 radical (unpaired) electrons. The van der Waals surface area contributed by atoms with Crippen LogP contribution in [0.4, 0.5) is 0 Å². The monoisotopic (exact) mass is 287 g/mol. The lowest BCUT2D eigenvalue weighted by molar-refractivity contribution is 0.289. The second-order valence-corrected chi connectivity index (χ2v) is 6.80. The normalized spacial score (nSPS) is 25.2. The third-order valence-corrected chi connectivity index (χ3v) is 5.34. The van der Waals surface area contributed by atoms with Gasteiger partial charge in [0.15, 0.2) is 0 Å². The molecule has 1 aromatic carbocycles. The van der Waals surface area contributed by atoms with Crippen molar-refractivity contribution in [2.45, 2.75) is 51.4 Å². The van der Waals surface area contributed by atoms with E-state index in [1.54, 1.807) is 0 Å². The van der Waals surface area contributed by atoms with Crippen LogP contribution in [0.5, 0.6) is 5.75 Å². The number of benzene rings is 1. The van der Waals surface area contributed by atoms with Crippen LogP contribution in [0.3, 0.4) is 0 Å². The first-order chi connectivity index (χ1) is 10.4. The minimum absolute atomic E-state index is 0.867. The molecule has 0 amide bonds. The summed E-state index contributed by atoms with van der Waals surface area (Å²) in [5, 5.41) is 3.41. The number of hydrogen-bond donors (Lipinski definition) is 1. The van der Waals surface area contributed by atoms with Gasteiger partial charge in [0, 0.05) is 6.42 Å². The van der Waals surface area contributed by atoms with E-state index in [2.05, 4.69) is 30.6 Å². The quantitative estimate of drug-likeness (QED) is 0.827. The summed E-state index contributed by atoms with van der Waals surface area (Å²) in [7, 11) is 2.10. The van der Waals surface area contributed by atoms with Crippen LogP contribution in [0.2, 0.25) is 0 Å². The summed E-state index contributed by atoms with van der Waals surface area (Å²) < 4.78 is 5.61. The molecular weight excluding hydrogens is 258 g/mol. The molecule has 0 saturated heterocycles. The number of nitrogens with one attached hydrogen (secondary N) is 1. The van der Waals surface area contributed by atoms with Gasteiger partial charge in [-0.3, -0.25) is 0 Å². The average Bonchev–Trinajstić information content (AvgIpc) is 2.85. The van der Waals surface area contributed by atoms with E-state index in [-0.39, 0.29) is 0 Å². The Balaban J connectivity index is 1.59.